The highest BCUT2D eigenvalue weighted by atomic mass is 16.4. The van der Waals surface area contributed by atoms with Gasteiger partial charge in [0.05, 0.1) is 18.6 Å². The van der Waals surface area contributed by atoms with E-state index in [4.69, 9.17) is 5.11 Å². The van der Waals surface area contributed by atoms with E-state index in [0.717, 1.165) is 6.42 Å². The van der Waals surface area contributed by atoms with Gasteiger partial charge in [-0.25, -0.2) is 4.79 Å². The fourth-order valence-electron chi connectivity index (χ4n) is 2.56. The zero-order valence-electron chi connectivity index (χ0n) is 11.9. The van der Waals surface area contributed by atoms with Crippen LogP contribution in [-0.4, -0.2) is 63.3 Å². The van der Waals surface area contributed by atoms with Crippen LogP contribution in [0.1, 0.15) is 40.0 Å². The number of carbonyl (C=O) groups is 2. The number of β-amino-alcohol motifs (C(OH)–C–C–N with tert-alkyl or cyclic N) is 1. The van der Waals surface area contributed by atoms with E-state index < -0.39 is 11.6 Å². The van der Waals surface area contributed by atoms with Crippen LogP contribution in [-0.2, 0) is 4.79 Å². The molecule has 0 aromatic heterocycles. The molecule has 6 heteroatoms. The van der Waals surface area contributed by atoms with Crippen molar-refractivity contribution in [3.05, 3.63) is 0 Å². The molecule has 2 amide bonds. The molecule has 1 aliphatic rings. The first-order valence-corrected chi connectivity index (χ1v) is 6.76. The van der Waals surface area contributed by atoms with Gasteiger partial charge in [-0.05, 0) is 33.6 Å². The Labute approximate surface area is 114 Å². The van der Waals surface area contributed by atoms with Crippen molar-refractivity contribution < 1.29 is 19.8 Å². The molecule has 6 nitrogen and oxygen atoms in total. The Morgan fingerprint density at radius 2 is 2.11 bits per heavy atom. The molecule has 0 aromatic rings. The summed E-state index contributed by atoms with van der Waals surface area (Å²) in [5.41, 5.74) is -0.844. The molecular weight excluding hydrogens is 248 g/mol. The zero-order valence-corrected chi connectivity index (χ0v) is 11.9. The van der Waals surface area contributed by atoms with Crippen molar-refractivity contribution in [3.8, 4) is 0 Å². The van der Waals surface area contributed by atoms with Gasteiger partial charge < -0.3 is 20.0 Å². The number of piperidine rings is 1. The molecule has 0 bridgehead atoms. The molecule has 1 fully saturated rings. The molecule has 19 heavy (non-hydrogen) atoms. The van der Waals surface area contributed by atoms with Crippen molar-refractivity contribution >= 4 is 12.0 Å². The van der Waals surface area contributed by atoms with Gasteiger partial charge in [0.15, 0.2) is 0 Å². The van der Waals surface area contributed by atoms with Crippen LogP contribution in [0.3, 0.4) is 0 Å². The number of carboxylic acid groups (broad SMARTS) is 1. The standard InChI is InChI=1S/C13H24N2O4/c1-4-15(10(2)8-11(16)17)12(18)14-7-5-6-13(3,19)9-14/h10,19H,4-9H2,1-3H3,(H,16,17). The van der Waals surface area contributed by atoms with Crippen LogP contribution in [0.4, 0.5) is 4.79 Å². The molecule has 0 radical (unpaired) electrons. The fraction of sp³-hybridized carbons (Fsp3) is 0.846. The number of carboxylic acids is 1. The number of urea groups is 1. The first kappa shape index (κ1) is 15.8. The number of aliphatic carboxylic acids is 1. The molecular formula is C13H24N2O4. The van der Waals surface area contributed by atoms with Gasteiger partial charge in [-0.2, -0.15) is 0 Å². The predicted molar refractivity (Wildman–Crippen MR) is 70.9 cm³/mol. The maximum Gasteiger partial charge on any atom is 0.320 e. The second-order valence-corrected chi connectivity index (χ2v) is 5.54. The number of rotatable bonds is 4. The van der Waals surface area contributed by atoms with E-state index in [1.165, 1.54) is 0 Å². The van der Waals surface area contributed by atoms with E-state index in [1.54, 1.807) is 23.6 Å². The van der Waals surface area contributed by atoms with Gasteiger partial charge in [0.1, 0.15) is 0 Å². The predicted octanol–water partition coefficient (Wildman–Crippen LogP) is 1.14. The van der Waals surface area contributed by atoms with Crippen LogP contribution in [0.5, 0.6) is 0 Å². The Morgan fingerprint density at radius 3 is 2.58 bits per heavy atom. The van der Waals surface area contributed by atoms with Crippen LogP contribution in [0.2, 0.25) is 0 Å². The molecule has 0 spiro atoms. The Morgan fingerprint density at radius 1 is 1.47 bits per heavy atom. The van der Waals surface area contributed by atoms with Gasteiger partial charge in [0, 0.05) is 19.1 Å². The van der Waals surface area contributed by atoms with Crippen LogP contribution in [0, 0.1) is 0 Å². The van der Waals surface area contributed by atoms with Crippen molar-refractivity contribution in [2.45, 2.75) is 51.7 Å². The Balaban J connectivity index is 2.70. The van der Waals surface area contributed by atoms with Gasteiger partial charge in [0.2, 0.25) is 0 Å². The van der Waals surface area contributed by atoms with Crippen LogP contribution >= 0.6 is 0 Å². The van der Waals surface area contributed by atoms with Gasteiger partial charge in [0.25, 0.3) is 0 Å². The second-order valence-electron chi connectivity index (χ2n) is 5.54. The Hall–Kier alpha value is -1.30. The molecule has 1 rings (SSSR count). The van der Waals surface area contributed by atoms with E-state index in [9.17, 15) is 14.7 Å². The third-order valence-electron chi connectivity index (χ3n) is 3.53. The number of hydrogen-bond donors (Lipinski definition) is 2. The lowest BCUT2D eigenvalue weighted by atomic mass is 9.95. The van der Waals surface area contributed by atoms with Crippen molar-refractivity contribution in [1.82, 2.24) is 9.80 Å². The highest BCUT2D eigenvalue weighted by molar-refractivity contribution is 5.76. The van der Waals surface area contributed by atoms with Crippen molar-refractivity contribution in [3.63, 3.8) is 0 Å². The first-order chi connectivity index (χ1) is 8.76. The topological polar surface area (TPSA) is 81.1 Å². The van der Waals surface area contributed by atoms with Gasteiger partial charge in [-0.15, -0.1) is 0 Å². The number of amides is 2. The van der Waals surface area contributed by atoms with Crippen LogP contribution in [0.25, 0.3) is 0 Å². The molecule has 110 valence electrons. The summed E-state index contributed by atoms with van der Waals surface area (Å²) < 4.78 is 0. The minimum Gasteiger partial charge on any atom is -0.481 e. The third-order valence-corrected chi connectivity index (χ3v) is 3.53. The number of carbonyl (C=O) groups excluding carboxylic acids is 1. The van der Waals surface area contributed by atoms with Crippen molar-refractivity contribution in [2.75, 3.05) is 19.6 Å². The quantitative estimate of drug-likeness (QED) is 0.804. The molecule has 2 unspecified atom stereocenters. The second kappa shape index (κ2) is 6.23. The fourth-order valence-corrected chi connectivity index (χ4v) is 2.56. The molecule has 0 aromatic carbocycles. The smallest absolute Gasteiger partial charge is 0.320 e. The molecule has 0 aliphatic carbocycles. The average Bonchev–Trinajstić information content (AvgIpc) is 2.27. The SMILES string of the molecule is CCN(C(=O)N1CCCC(C)(O)C1)C(C)CC(=O)O. The molecule has 2 N–H and O–H groups in total. The minimum atomic E-state index is -0.913. The van der Waals surface area contributed by atoms with E-state index in [0.29, 0.717) is 26.1 Å². The minimum absolute atomic E-state index is 0.0657. The number of likely N-dealkylation sites (tertiary alicyclic amines) is 1. The zero-order chi connectivity index (χ0) is 14.6. The number of nitrogens with zero attached hydrogens (tertiary/aromatic N) is 2. The lowest BCUT2D eigenvalue weighted by Crippen LogP contribution is -2.54. The van der Waals surface area contributed by atoms with Gasteiger partial charge >= 0.3 is 12.0 Å². The third kappa shape index (κ3) is 4.38. The van der Waals surface area contributed by atoms with Gasteiger partial charge in [-0.3, -0.25) is 4.79 Å². The maximum atomic E-state index is 12.4. The number of hydrogen-bond acceptors (Lipinski definition) is 3. The maximum absolute atomic E-state index is 12.4. The molecule has 1 saturated heterocycles. The summed E-state index contributed by atoms with van der Waals surface area (Å²) in [6.07, 6.45) is 1.39. The number of aliphatic hydroxyl groups is 1. The average molecular weight is 272 g/mol. The van der Waals surface area contributed by atoms with E-state index >= 15 is 0 Å². The van der Waals surface area contributed by atoms with Crippen LogP contribution < -0.4 is 0 Å². The van der Waals surface area contributed by atoms with Gasteiger partial charge in [-0.1, -0.05) is 0 Å². The monoisotopic (exact) mass is 272 g/mol. The summed E-state index contributed by atoms with van der Waals surface area (Å²) in [5.74, 6) is -0.913. The summed E-state index contributed by atoms with van der Waals surface area (Å²) >= 11 is 0. The Kier molecular flexibility index (Phi) is 5.17. The van der Waals surface area contributed by atoms with E-state index in [2.05, 4.69) is 0 Å². The van der Waals surface area contributed by atoms with Crippen LogP contribution in [0.15, 0.2) is 0 Å². The normalized spacial score (nSPS) is 24.9. The lowest BCUT2D eigenvalue weighted by molar-refractivity contribution is -0.138. The van der Waals surface area contributed by atoms with Crippen molar-refractivity contribution in [2.24, 2.45) is 0 Å². The first-order valence-electron chi connectivity index (χ1n) is 6.76. The Bertz CT molecular complexity index is 344. The highest BCUT2D eigenvalue weighted by Crippen LogP contribution is 2.22. The molecule has 1 aliphatic heterocycles. The molecule has 2 atom stereocenters. The summed E-state index contributed by atoms with van der Waals surface area (Å²) in [7, 11) is 0. The van der Waals surface area contributed by atoms with Crippen molar-refractivity contribution in [1.29, 1.82) is 0 Å². The lowest BCUT2D eigenvalue weighted by Gasteiger charge is -2.40. The summed E-state index contributed by atoms with van der Waals surface area (Å²) in [5, 5.41) is 18.8. The molecule has 0 saturated carbocycles. The largest absolute Gasteiger partial charge is 0.481 e. The summed E-state index contributed by atoms with van der Waals surface area (Å²) in [6.45, 7) is 6.68. The van der Waals surface area contributed by atoms with E-state index in [-0.39, 0.29) is 18.5 Å². The van der Waals surface area contributed by atoms with E-state index in [1.807, 2.05) is 6.92 Å². The summed E-state index contributed by atoms with van der Waals surface area (Å²) in [6, 6.07) is -0.530. The summed E-state index contributed by atoms with van der Waals surface area (Å²) in [4.78, 5) is 26.3. The highest BCUT2D eigenvalue weighted by Gasteiger charge is 2.34. The molecule has 1 heterocycles.